The average molecular weight is 451 g/mol. The second kappa shape index (κ2) is 7.65. The van der Waals surface area contributed by atoms with Gasteiger partial charge in [0.15, 0.2) is 0 Å². The molecule has 6 heteroatoms. The molecule has 1 atom stereocenters. The van der Waals surface area contributed by atoms with E-state index in [9.17, 15) is 13.2 Å². The zero-order valence-electron chi connectivity index (χ0n) is 19.0. The Kier molecular flexibility index (Phi) is 5.00. The molecule has 3 heterocycles. The van der Waals surface area contributed by atoms with Gasteiger partial charge in [-0.05, 0) is 73.7 Å². The van der Waals surface area contributed by atoms with Gasteiger partial charge in [0.05, 0.1) is 6.04 Å². The summed E-state index contributed by atoms with van der Waals surface area (Å²) >= 11 is 0. The average Bonchev–Trinajstić information content (AvgIpc) is 3.11. The molecule has 2 aromatic heterocycles. The first-order valence-electron chi connectivity index (χ1n) is 11.0. The van der Waals surface area contributed by atoms with Crippen LogP contribution in [0.25, 0.3) is 27.8 Å². The molecule has 0 amide bonds. The van der Waals surface area contributed by atoms with Crippen molar-refractivity contribution in [1.82, 2.24) is 9.88 Å². The van der Waals surface area contributed by atoms with E-state index in [4.69, 9.17) is 4.42 Å². The van der Waals surface area contributed by atoms with Crippen LogP contribution < -0.4 is 0 Å². The second-order valence-corrected chi connectivity index (χ2v) is 8.90. The molecular formula is C27H25F3N2O. The Morgan fingerprint density at radius 2 is 1.88 bits per heavy atom. The van der Waals surface area contributed by atoms with Crippen LogP contribution in [0.15, 0.2) is 64.1 Å². The van der Waals surface area contributed by atoms with Gasteiger partial charge in [0.1, 0.15) is 5.58 Å². The van der Waals surface area contributed by atoms with E-state index in [0.29, 0.717) is 11.3 Å². The largest absolute Gasteiger partial charge is 0.437 e. The van der Waals surface area contributed by atoms with Crippen molar-refractivity contribution in [2.24, 2.45) is 0 Å². The standard InChI is InChI=1S/C27H25F3N2O/c1-15-13-21-20-10-9-16(2)31-26(20)33-25(21)24(17(15)3)23-14-18(11-12-27(28,29)30)19-7-5-6-8-22(19)32(23)4/h5-10,13-14,22H,11-12H2,1-4H3. The molecule has 0 bridgehead atoms. The lowest BCUT2D eigenvalue weighted by Gasteiger charge is -2.38. The fourth-order valence-corrected chi connectivity index (χ4v) is 4.83. The van der Waals surface area contributed by atoms with Gasteiger partial charge in [-0.2, -0.15) is 13.2 Å². The molecule has 0 saturated heterocycles. The Balaban J connectivity index is 1.76. The Hall–Kier alpha value is -3.28. The zero-order valence-corrected chi connectivity index (χ0v) is 19.0. The summed E-state index contributed by atoms with van der Waals surface area (Å²) in [5.41, 5.74) is 7.71. The number of furan rings is 1. The number of hydrogen-bond donors (Lipinski definition) is 0. The Labute approximate surface area is 190 Å². The molecule has 1 unspecified atom stereocenters. The second-order valence-electron chi connectivity index (χ2n) is 8.90. The lowest BCUT2D eigenvalue weighted by atomic mass is 9.86. The number of hydrogen-bond acceptors (Lipinski definition) is 3. The van der Waals surface area contributed by atoms with Crippen LogP contribution in [-0.2, 0) is 0 Å². The van der Waals surface area contributed by atoms with Crippen LogP contribution in [0.5, 0.6) is 0 Å². The van der Waals surface area contributed by atoms with E-state index in [2.05, 4.69) is 22.9 Å². The summed E-state index contributed by atoms with van der Waals surface area (Å²) in [5.74, 6) is 0. The normalized spacial score (nSPS) is 18.5. The molecule has 0 N–H and O–H groups in total. The predicted molar refractivity (Wildman–Crippen MR) is 126 cm³/mol. The molecule has 1 aliphatic carbocycles. The van der Waals surface area contributed by atoms with Crippen molar-refractivity contribution in [3.05, 3.63) is 82.1 Å². The molecule has 1 aliphatic heterocycles. The molecule has 0 spiro atoms. The smallest absolute Gasteiger partial charge is 0.389 e. The molecule has 5 rings (SSSR count). The van der Waals surface area contributed by atoms with Gasteiger partial charge in [0.25, 0.3) is 0 Å². The lowest BCUT2D eigenvalue weighted by Crippen LogP contribution is -2.34. The summed E-state index contributed by atoms with van der Waals surface area (Å²) in [6.45, 7) is 6.01. The van der Waals surface area contributed by atoms with E-state index in [1.54, 1.807) is 0 Å². The van der Waals surface area contributed by atoms with Gasteiger partial charge in [0.2, 0.25) is 5.71 Å². The molecule has 0 radical (unpaired) electrons. The maximum absolute atomic E-state index is 13.1. The Morgan fingerprint density at radius 3 is 2.64 bits per heavy atom. The van der Waals surface area contributed by atoms with Gasteiger partial charge in [-0.15, -0.1) is 0 Å². The van der Waals surface area contributed by atoms with E-state index in [1.807, 2.05) is 63.4 Å². The van der Waals surface area contributed by atoms with Crippen LogP contribution in [0.1, 0.15) is 35.2 Å². The third-order valence-corrected chi connectivity index (χ3v) is 6.70. The number of fused-ring (bicyclic) bond motifs is 4. The summed E-state index contributed by atoms with van der Waals surface area (Å²) in [4.78, 5) is 6.68. The fraction of sp³-hybridized carbons (Fsp3) is 0.296. The lowest BCUT2D eigenvalue weighted by molar-refractivity contribution is -0.133. The van der Waals surface area contributed by atoms with Crippen LogP contribution in [0.4, 0.5) is 13.2 Å². The minimum Gasteiger partial charge on any atom is -0.437 e. The van der Waals surface area contributed by atoms with Gasteiger partial charge in [-0.1, -0.05) is 24.3 Å². The first-order valence-corrected chi connectivity index (χ1v) is 11.0. The van der Waals surface area contributed by atoms with Crippen LogP contribution in [-0.4, -0.2) is 29.1 Å². The van der Waals surface area contributed by atoms with Crippen molar-refractivity contribution in [3.8, 4) is 0 Å². The number of nitrogens with zero attached hydrogens (tertiary/aromatic N) is 2. The van der Waals surface area contributed by atoms with Crippen molar-refractivity contribution in [2.45, 2.75) is 45.8 Å². The van der Waals surface area contributed by atoms with Crippen LogP contribution in [0.2, 0.25) is 0 Å². The maximum atomic E-state index is 13.1. The third-order valence-electron chi connectivity index (χ3n) is 6.70. The summed E-state index contributed by atoms with van der Waals surface area (Å²) < 4.78 is 45.6. The summed E-state index contributed by atoms with van der Waals surface area (Å²) in [6.07, 6.45) is 4.59. The number of halogens is 3. The summed E-state index contributed by atoms with van der Waals surface area (Å²) in [6, 6.07) is 5.96. The minimum atomic E-state index is -4.20. The number of rotatable bonds is 3. The number of allylic oxidation sites excluding steroid dienone is 4. The van der Waals surface area contributed by atoms with Gasteiger partial charge in [0, 0.05) is 41.2 Å². The number of pyridine rings is 1. The van der Waals surface area contributed by atoms with E-state index >= 15 is 0 Å². The highest BCUT2D eigenvalue weighted by Crippen LogP contribution is 2.42. The molecule has 33 heavy (non-hydrogen) atoms. The molecule has 1 aromatic carbocycles. The van der Waals surface area contributed by atoms with Gasteiger partial charge in [-0.25, -0.2) is 4.98 Å². The highest BCUT2D eigenvalue weighted by molar-refractivity contribution is 6.08. The number of aryl methyl sites for hydroxylation is 2. The highest BCUT2D eigenvalue weighted by Gasteiger charge is 2.32. The number of likely N-dealkylation sites (N-methyl/N-ethyl adjacent to an activating group) is 1. The zero-order chi connectivity index (χ0) is 23.5. The topological polar surface area (TPSA) is 29.3 Å². The predicted octanol–water partition coefficient (Wildman–Crippen LogP) is 7.33. The van der Waals surface area contributed by atoms with Crippen molar-refractivity contribution < 1.29 is 17.6 Å². The molecule has 3 nitrogen and oxygen atoms in total. The van der Waals surface area contributed by atoms with E-state index < -0.39 is 12.6 Å². The van der Waals surface area contributed by atoms with E-state index in [0.717, 1.165) is 50.0 Å². The van der Waals surface area contributed by atoms with Crippen molar-refractivity contribution >= 4 is 27.8 Å². The van der Waals surface area contributed by atoms with Crippen LogP contribution >= 0.6 is 0 Å². The van der Waals surface area contributed by atoms with Crippen LogP contribution in [0, 0.1) is 20.8 Å². The summed E-state index contributed by atoms with van der Waals surface area (Å²) in [7, 11) is 1.99. The number of alkyl halides is 3. The summed E-state index contributed by atoms with van der Waals surface area (Å²) in [5, 5.41) is 1.91. The van der Waals surface area contributed by atoms with Crippen molar-refractivity contribution in [1.29, 1.82) is 0 Å². The Bertz CT molecular complexity index is 1400. The first kappa shape index (κ1) is 21.6. The first-order chi connectivity index (χ1) is 15.6. The molecule has 0 saturated carbocycles. The van der Waals surface area contributed by atoms with Gasteiger partial charge >= 0.3 is 6.18 Å². The van der Waals surface area contributed by atoms with Gasteiger partial charge < -0.3 is 9.32 Å². The quantitative estimate of drug-likeness (QED) is 0.418. The molecule has 2 aliphatic rings. The Morgan fingerprint density at radius 1 is 1.09 bits per heavy atom. The minimum absolute atomic E-state index is 0.0558. The van der Waals surface area contributed by atoms with Crippen molar-refractivity contribution in [2.75, 3.05) is 7.05 Å². The van der Waals surface area contributed by atoms with E-state index in [1.165, 1.54) is 0 Å². The monoisotopic (exact) mass is 450 g/mol. The SMILES string of the molecule is Cc1ccc2c(n1)oc1c(C3=CC(CCC(F)(F)F)=C4C=CC=CC4N3C)c(C)c(C)cc12. The molecule has 170 valence electrons. The fourth-order valence-electron chi connectivity index (χ4n) is 4.83. The van der Waals surface area contributed by atoms with Crippen LogP contribution in [0.3, 0.4) is 0 Å². The molecular weight excluding hydrogens is 425 g/mol. The van der Waals surface area contributed by atoms with Crippen molar-refractivity contribution in [3.63, 3.8) is 0 Å². The number of benzene rings is 1. The molecule has 0 fully saturated rings. The van der Waals surface area contributed by atoms with Gasteiger partial charge in [-0.3, -0.25) is 0 Å². The highest BCUT2D eigenvalue weighted by atomic mass is 19.4. The number of aromatic nitrogens is 1. The maximum Gasteiger partial charge on any atom is 0.389 e. The third kappa shape index (κ3) is 3.67. The van der Waals surface area contributed by atoms with E-state index in [-0.39, 0.29) is 12.5 Å². The molecule has 3 aromatic rings.